The van der Waals surface area contributed by atoms with Gasteiger partial charge in [0, 0.05) is 6.42 Å². The number of nitrogens with one attached hydrogen (secondary N) is 1. The molecule has 1 amide bonds. The van der Waals surface area contributed by atoms with E-state index < -0.39 is 49.5 Å². The number of aliphatic hydroxyl groups is 5. The standard InChI is InChI=1S/C40H65NO8/c1-3-5-7-9-11-13-15-17-19-21-23-25-27-29-34(43)33(32-48-40-39(47)38(46)37(45)35(31-42)49-40)41-36(44)30-28-26-24-22-20-18-16-14-12-10-8-6-4-2/h6,8,11-14,18-21,24,26-27,29,33-35,37-40,42-43,45-47H,3-5,7,9-10,15-17,22-23,25,28,30-32H2,1-2H3,(H,41,44)/b8-6-,13-11+,14-12-,20-18-,21-19+,26-24-,29-27+. The Morgan fingerprint density at radius 3 is 1.86 bits per heavy atom. The zero-order valence-corrected chi connectivity index (χ0v) is 29.9. The van der Waals surface area contributed by atoms with Gasteiger partial charge < -0.3 is 40.3 Å². The summed E-state index contributed by atoms with van der Waals surface area (Å²) in [6.07, 6.45) is 33.6. The molecule has 0 aromatic carbocycles. The molecule has 1 aliphatic heterocycles. The molecule has 1 fully saturated rings. The van der Waals surface area contributed by atoms with Gasteiger partial charge in [-0.05, 0) is 70.6 Å². The first-order chi connectivity index (χ1) is 23.8. The van der Waals surface area contributed by atoms with Gasteiger partial charge >= 0.3 is 0 Å². The highest BCUT2D eigenvalue weighted by Crippen LogP contribution is 2.22. The van der Waals surface area contributed by atoms with Crippen LogP contribution in [0.2, 0.25) is 0 Å². The monoisotopic (exact) mass is 687 g/mol. The number of carbonyl (C=O) groups excluding carboxylic acids is 1. The zero-order valence-electron chi connectivity index (χ0n) is 29.9. The molecule has 9 heteroatoms. The fourth-order valence-electron chi connectivity index (χ4n) is 4.96. The number of allylic oxidation sites excluding steroid dienone is 13. The van der Waals surface area contributed by atoms with Crippen LogP contribution in [0.4, 0.5) is 0 Å². The molecule has 1 saturated heterocycles. The summed E-state index contributed by atoms with van der Waals surface area (Å²) in [5, 5.41) is 53.7. The number of rotatable bonds is 27. The zero-order chi connectivity index (χ0) is 36.0. The Bertz CT molecular complexity index is 1030. The lowest BCUT2D eigenvalue weighted by Gasteiger charge is -2.40. The maximum atomic E-state index is 12.8. The smallest absolute Gasteiger partial charge is 0.220 e. The average Bonchev–Trinajstić information content (AvgIpc) is 3.10. The fraction of sp³-hybridized carbons (Fsp3) is 0.625. The van der Waals surface area contributed by atoms with E-state index in [1.807, 2.05) is 18.2 Å². The van der Waals surface area contributed by atoms with Gasteiger partial charge in [0.15, 0.2) is 6.29 Å². The highest BCUT2D eigenvalue weighted by Gasteiger charge is 2.44. The predicted octanol–water partition coefficient (Wildman–Crippen LogP) is 6.04. The summed E-state index contributed by atoms with van der Waals surface area (Å²) in [4.78, 5) is 12.8. The van der Waals surface area contributed by atoms with Crippen LogP contribution < -0.4 is 5.32 Å². The molecule has 0 radical (unpaired) electrons. The lowest BCUT2D eigenvalue weighted by molar-refractivity contribution is -0.302. The molecule has 1 rings (SSSR count). The van der Waals surface area contributed by atoms with E-state index in [2.05, 4.69) is 79.9 Å². The van der Waals surface area contributed by atoms with Gasteiger partial charge in [0.1, 0.15) is 24.4 Å². The summed E-state index contributed by atoms with van der Waals surface area (Å²) in [7, 11) is 0. The molecule has 1 heterocycles. The summed E-state index contributed by atoms with van der Waals surface area (Å²) >= 11 is 0. The second kappa shape index (κ2) is 30.2. The summed E-state index contributed by atoms with van der Waals surface area (Å²) < 4.78 is 11.1. The van der Waals surface area contributed by atoms with E-state index in [0.29, 0.717) is 12.8 Å². The largest absolute Gasteiger partial charge is 0.394 e. The molecule has 7 unspecified atom stereocenters. The summed E-state index contributed by atoms with van der Waals surface area (Å²) in [6.45, 7) is 3.50. The minimum atomic E-state index is -1.59. The van der Waals surface area contributed by atoms with E-state index >= 15 is 0 Å². The molecule has 0 bridgehead atoms. The van der Waals surface area contributed by atoms with Gasteiger partial charge in [-0.3, -0.25) is 4.79 Å². The normalized spacial score (nSPS) is 23.4. The van der Waals surface area contributed by atoms with Crippen LogP contribution in [0.5, 0.6) is 0 Å². The third kappa shape index (κ3) is 21.9. The molecule has 0 aromatic heterocycles. The van der Waals surface area contributed by atoms with Crippen molar-refractivity contribution in [2.24, 2.45) is 0 Å². The van der Waals surface area contributed by atoms with E-state index in [-0.39, 0.29) is 18.9 Å². The van der Waals surface area contributed by atoms with Gasteiger partial charge in [0.05, 0.1) is 25.4 Å². The molecule has 278 valence electrons. The maximum Gasteiger partial charge on any atom is 0.220 e. The van der Waals surface area contributed by atoms with E-state index in [9.17, 15) is 30.3 Å². The van der Waals surface area contributed by atoms with Crippen LogP contribution in [0.15, 0.2) is 85.1 Å². The second-order valence-corrected chi connectivity index (χ2v) is 12.3. The number of carbonyl (C=O) groups is 1. The summed E-state index contributed by atoms with van der Waals surface area (Å²) in [5.74, 6) is -0.278. The van der Waals surface area contributed by atoms with Gasteiger partial charge in [-0.15, -0.1) is 0 Å². The predicted molar refractivity (Wildman–Crippen MR) is 198 cm³/mol. The van der Waals surface area contributed by atoms with Crippen molar-refractivity contribution in [1.82, 2.24) is 5.32 Å². The van der Waals surface area contributed by atoms with E-state index in [0.717, 1.165) is 51.4 Å². The van der Waals surface area contributed by atoms with Crippen molar-refractivity contribution in [3.63, 3.8) is 0 Å². The topological polar surface area (TPSA) is 149 Å². The fourth-order valence-corrected chi connectivity index (χ4v) is 4.96. The van der Waals surface area contributed by atoms with Crippen molar-refractivity contribution in [1.29, 1.82) is 0 Å². The molecule has 6 N–H and O–H groups in total. The SMILES string of the molecule is CC/C=C\C/C=C\C/C=C\C/C=C\CCC(=O)NC(COC1OC(CO)C(O)C(O)C1O)C(O)/C=C/CC/C=C/CC/C=C/CCCCC. The Morgan fingerprint density at radius 2 is 1.27 bits per heavy atom. The quantitative estimate of drug-likeness (QED) is 0.0452. The number of unbranched alkanes of at least 4 members (excludes halogenated alkanes) is 5. The second-order valence-electron chi connectivity index (χ2n) is 12.3. The van der Waals surface area contributed by atoms with Crippen molar-refractivity contribution < 1.29 is 39.8 Å². The van der Waals surface area contributed by atoms with Gasteiger partial charge in [-0.25, -0.2) is 0 Å². The van der Waals surface area contributed by atoms with Crippen LogP contribution in [-0.2, 0) is 14.3 Å². The Kier molecular flexibility index (Phi) is 27.4. The Hall–Kier alpha value is -2.63. The van der Waals surface area contributed by atoms with Crippen molar-refractivity contribution >= 4 is 5.91 Å². The van der Waals surface area contributed by atoms with Crippen LogP contribution in [-0.4, -0.2) is 87.5 Å². The lowest BCUT2D eigenvalue weighted by atomic mass is 9.99. The van der Waals surface area contributed by atoms with Crippen LogP contribution in [0.3, 0.4) is 0 Å². The van der Waals surface area contributed by atoms with E-state index in [1.165, 1.54) is 19.3 Å². The molecular weight excluding hydrogens is 622 g/mol. The third-order valence-electron chi connectivity index (χ3n) is 7.95. The molecular formula is C40H65NO8. The minimum Gasteiger partial charge on any atom is -0.394 e. The first-order valence-corrected chi connectivity index (χ1v) is 18.3. The van der Waals surface area contributed by atoms with Crippen LogP contribution in [0.25, 0.3) is 0 Å². The summed E-state index contributed by atoms with van der Waals surface area (Å²) in [6, 6.07) is -0.867. The molecule has 0 aromatic rings. The van der Waals surface area contributed by atoms with Crippen molar-refractivity contribution in [3.8, 4) is 0 Å². The lowest BCUT2D eigenvalue weighted by Crippen LogP contribution is -2.60. The van der Waals surface area contributed by atoms with Crippen molar-refractivity contribution in [2.75, 3.05) is 13.2 Å². The molecule has 9 nitrogen and oxygen atoms in total. The van der Waals surface area contributed by atoms with Crippen molar-refractivity contribution in [3.05, 3.63) is 85.1 Å². The molecule has 0 saturated carbocycles. The summed E-state index contributed by atoms with van der Waals surface area (Å²) in [5.41, 5.74) is 0. The molecule has 1 aliphatic rings. The first-order valence-electron chi connectivity index (χ1n) is 18.3. The minimum absolute atomic E-state index is 0.208. The Morgan fingerprint density at radius 1 is 0.714 bits per heavy atom. The number of amides is 1. The van der Waals surface area contributed by atoms with Gasteiger partial charge in [-0.2, -0.15) is 0 Å². The maximum absolute atomic E-state index is 12.8. The molecule has 49 heavy (non-hydrogen) atoms. The molecule has 7 atom stereocenters. The molecule has 0 spiro atoms. The Labute approximate surface area is 295 Å². The van der Waals surface area contributed by atoms with Gasteiger partial charge in [0.25, 0.3) is 0 Å². The highest BCUT2D eigenvalue weighted by atomic mass is 16.7. The number of hydrogen-bond donors (Lipinski definition) is 6. The van der Waals surface area contributed by atoms with E-state index in [1.54, 1.807) is 6.08 Å². The average molecular weight is 688 g/mol. The van der Waals surface area contributed by atoms with E-state index in [4.69, 9.17) is 9.47 Å². The van der Waals surface area contributed by atoms with Crippen LogP contribution in [0, 0.1) is 0 Å². The van der Waals surface area contributed by atoms with Gasteiger partial charge in [0.2, 0.25) is 5.91 Å². The van der Waals surface area contributed by atoms with Crippen LogP contribution in [0.1, 0.15) is 104 Å². The Balaban J connectivity index is 2.60. The molecule has 0 aliphatic carbocycles. The van der Waals surface area contributed by atoms with Gasteiger partial charge in [-0.1, -0.05) is 112 Å². The van der Waals surface area contributed by atoms with Crippen LogP contribution >= 0.6 is 0 Å². The number of ether oxygens (including phenoxy) is 2. The number of aliphatic hydroxyl groups excluding tert-OH is 5. The highest BCUT2D eigenvalue weighted by molar-refractivity contribution is 5.76. The first kappa shape index (κ1) is 44.4. The third-order valence-corrected chi connectivity index (χ3v) is 7.95. The number of hydrogen-bond acceptors (Lipinski definition) is 8. The van der Waals surface area contributed by atoms with Crippen molar-refractivity contribution in [2.45, 2.75) is 147 Å².